The molecule has 0 spiro atoms. The number of aliphatic carboxylic acids is 1. The molecule has 0 aliphatic rings. The Morgan fingerprint density at radius 1 is 1.29 bits per heavy atom. The first kappa shape index (κ1) is 10.4. The van der Waals surface area contributed by atoms with E-state index in [1.54, 1.807) is 24.3 Å². The van der Waals surface area contributed by atoms with Gasteiger partial charge in [0.2, 0.25) is 0 Å². The second kappa shape index (κ2) is 4.56. The van der Waals surface area contributed by atoms with Crippen LogP contribution in [0.25, 0.3) is 0 Å². The lowest BCUT2D eigenvalue weighted by molar-refractivity contribution is -0.139. The highest BCUT2D eigenvalue weighted by Crippen LogP contribution is 2.20. The van der Waals surface area contributed by atoms with Crippen molar-refractivity contribution in [2.24, 2.45) is 0 Å². The lowest BCUT2D eigenvalue weighted by Crippen LogP contribution is -2.13. The van der Waals surface area contributed by atoms with E-state index < -0.39 is 11.9 Å². The van der Waals surface area contributed by atoms with Gasteiger partial charge in [0.15, 0.2) is 0 Å². The van der Waals surface area contributed by atoms with Gasteiger partial charge in [-0.3, -0.25) is 9.59 Å². The Kier molecular flexibility index (Phi) is 3.40. The second-order valence-corrected chi connectivity index (χ2v) is 3.17. The van der Waals surface area contributed by atoms with Crippen molar-refractivity contribution in [1.29, 1.82) is 0 Å². The third kappa shape index (κ3) is 2.69. The first-order chi connectivity index (χ1) is 6.61. The van der Waals surface area contributed by atoms with Gasteiger partial charge < -0.3 is 5.11 Å². The quantitative estimate of drug-likeness (QED) is 0.791. The summed E-state index contributed by atoms with van der Waals surface area (Å²) in [5.41, 5.74) is 0.766. The van der Waals surface area contributed by atoms with Crippen LogP contribution in [0.3, 0.4) is 0 Å². The molecule has 0 amide bonds. The fraction of sp³-hybridized carbons (Fsp3) is 0.273. The Bertz CT molecular complexity index is 330. The van der Waals surface area contributed by atoms with E-state index >= 15 is 0 Å². The lowest BCUT2D eigenvalue weighted by atomic mass is 9.92. The molecule has 0 aromatic heterocycles. The zero-order chi connectivity index (χ0) is 10.6. The molecule has 14 heavy (non-hydrogen) atoms. The highest BCUT2D eigenvalue weighted by Gasteiger charge is 2.19. The molecule has 1 aromatic carbocycles. The molecule has 0 bridgehead atoms. The van der Waals surface area contributed by atoms with Gasteiger partial charge in [0, 0.05) is 0 Å². The van der Waals surface area contributed by atoms with Crippen molar-refractivity contribution >= 4 is 11.8 Å². The highest BCUT2D eigenvalue weighted by atomic mass is 16.4. The van der Waals surface area contributed by atoms with E-state index in [0.717, 1.165) is 5.56 Å². The number of carboxylic acids is 1. The van der Waals surface area contributed by atoms with Crippen LogP contribution in [-0.4, -0.2) is 16.9 Å². The Morgan fingerprint density at radius 2 is 1.86 bits per heavy atom. The number of hydrogen-bond acceptors (Lipinski definition) is 2. The van der Waals surface area contributed by atoms with Crippen LogP contribution in [0.2, 0.25) is 0 Å². The average molecular weight is 192 g/mol. The van der Waals surface area contributed by atoms with Gasteiger partial charge in [0.1, 0.15) is 5.78 Å². The van der Waals surface area contributed by atoms with Crippen molar-refractivity contribution in [1.82, 2.24) is 0 Å². The standard InChI is InChI=1S/C11H12O3/c1-8(12)10(7-11(13)14)9-5-3-2-4-6-9/h2-6,10H,7H2,1H3,(H,13,14). The van der Waals surface area contributed by atoms with Crippen LogP contribution in [-0.2, 0) is 9.59 Å². The normalized spacial score (nSPS) is 12.1. The molecule has 0 aliphatic heterocycles. The van der Waals surface area contributed by atoms with E-state index in [1.165, 1.54) is 6.92 Å². The summed E-state index contributed by atoms with van der Waals surface area (Å²) in [5, 5.41) is 8.64. The minimum absolute atomic E-state index is 0.112. The number of carbonyl (C=O) groups excluding carboxylic acids is 1. The molecule has 1 atom stereocenters. The molecule has 1 aromatic rings. The van der Waals surface area contributed by atoms with E-state index in [2.05, 4.69) is 0 Å². The van der Waals surface area contributed by atoms with E-state index in [9.17, 15) is 9.59 Å². The van der Waals surface area contributed by atoms with Crippen molar-refractivity contribution < 1.29 is 14.7 Å². The number of benzene rings is 1. The molecule has 1 unspecified atom stereocenters. The smallest absolute Gasteiger partial charge is 0.304 e. The summed E-state index contributed by atoms with van der Waals surface area (Å²) in [7, 11) is 0. The molecule has 0 fully saturated rings. The molecule has 74 valence electrons. The van der Waals surface area contributed by atoms with Crippen LogP contribution in [0.4, 0.5) is 0 Å². The fourth-order valence-electron chi connectivity index (χ4n) is 1.36. The summed E-state index contributed by atoms with van der Waals surface area (Å²) < 4.78 is 0. The number of rotatable bonds is 4. The monoisotopic (exact) mass is 192 g/mol. The fourth-order valence-corrected chi connectivity index (χ4v) is 1.36. The minimum atomic E-state index is -0.950. The third-order valence-corrected chi connectivity index (χ3v) is 2.07. The lowest BCUT2D eigenvalue weighted by Gasteiger charge is -2.10. The number of hydrogen-bond donors (Lipinski definition) is 1. The second-order valence-electron chi connectivity index (χ2n) is 3.17. The number of carbonyl (C=O) groups is 2. The molecular formula is C11H12O3. The first-order valence-electron chi connectivity index (χ1n) is 4.38. The molecule has 0 aliphatic carbocycles. The largest absolute Gasteiger partial charge is 0.481 e. The summed E-state index contributed by atoms with van der Waals surface area (Å²) in [4.78, 5) is 21.8. The van der Waals surface area contributed by atoms with Gasteiger partial charge in [-0.1, -0.05) is 30.3 Å². The number of ketones is 1. The molecule has 0 saturated carbocycles. The first-order valence-corrected chi connectivity index (χ1v) is 4.38. The third-order valence-electron chi connectivity index (χ3n) is 2.07. The zero-order valence-corrected chi connectivity index (χ0v) is 7.93. The van der Waals surface area contributed by atoms with Crippen LogP contribution in [0.15, 0.2) is 30.3 Å². The van der Waals surface area contributed by atoms with Crippen molar-refractivity contribution in [2.75, 3.05) is 0 Å². The predicted octanol–water partition coefficient (Wildman–Crippen LogP) is 1.83. The maximum atomic E-state index is 11.2. The van der Waals surface area contributed by atoms with E-state index in [0.29, 0.717) is 0 Å². The number of carboxylic acid groups (broad SMARTS) is 1. The van der Waals surface area contributed by atoms with Crippen molar-refractivity contribution in [3.63, 3.8) is 0 Å². The van der Waals surface area contributed by atoms with Crippen LogP contribution in [0, 0.1) is 0 Å². The molecule has 3 heteroatoms. The average Bonchev–Trinajstić information content (AvgIpc) is 2.15. The molecule has 0 radical (unpaired) electrons. The zero-order valence-electron chi connectivity index (χ0n) is 7.93. The van der Waals surface area contributed by atoms with Gasteiger partial charge in [-0.25, -0.2) is 0 Å². The Morgan fingerprint density at radius 3 is 2.29 bits per heavy atom. The van der Waals surface area contributed by atoms with Crippen LogP contribution < -0.4 is 0 Å². The van der Waals surface area contributed by atoms with Crippen molar-refractivity contribution in [2.45, 2.75) is 19.3 Å². The Hall–Kier alpha value is -1.64. The summed E-state index contributed by atoms with van der Waals surface area (Å²) in [6, 6.07) is 8.98. The van der Waals surface area contributed by atoms with Gasteiger partial charge in [-0.15, -0.1) is 0 Å². The van der Waals surface area contributed by atoms with Crippen molar-refractivity contribution in [3.05, 3.63) is 35.9 Å². The maximum absolute atomic E-state index is 11.2. The number of Topliss-reactive ketones (excluding diaryl/α,β-unsaturated/α-hetero) is 1. The SMILES string of the molecule is CC(=O)C(CC(=O)O)c1ccccc1. The van der Waals surface area contributed by atoms with Gasteiger partial charge in [0.05, 0.1) is 12.3 Å². The van der Waals surface area contributed by atoms with Crippen LogP contribution >= 0.6 is 0 Å². The maximum Gasteiger partial charge on any atom is 0.304 e. The molecule has 1 N–H and O–H groups in total. The molecule has 3 nitrogen and oxygen atoms in total. The van der Waals surface area contributed by atoms with E-state index in [1.807, 2.05) is 6.07 Å². The summed E-state index contributed by atoms with van der Waals surface area (Å²) in [5.74, 6) is -1.58. The van der Waals surface area contributed by atoms with Gasteiger partial charge in [-0.05, 0) is 12.5 Å². The molecule has 1 rings (SSSR count). The predicted molar refractivity (Wildman–Crippen MR) is 52.1 cm³/mol. The van der Waals surface area contributed by atoms with E-state index in [4.69, 9.17) is 5.11 Å². The topological polar surface area (TPSA) is 54.4 Å². The molecule has 0 saturated heterocycles. The molecule has 0 heterocycles. The van der Waals surface area contributed by atoms with Crippen molar-refractivity contribution in [3.8, 4) is 0 Å². The van der Waals surface area contributed by atoms with Gasteiger partial charge >= 0.3 is 5.97 Å². The Balaban J connectivity index is 2.89. The highest BCUT2D eigenvalue weighted by molar-refractivity contribution is 5.87. The minimum Gasteiger partial charge on any atom is -0.481 e. The summed E-state index contributed by atoms with van der Waals surface area (Å²) in [6.07, 6.45) is -0.140. The van der Waals surface area contributed by atoms with Crippen LogP contribution in [0.1, 0.15) is 24.8 Å². The summed E-state index contributed by atoms with van der Waals surface area (Å²) >= 11 is 0. The van der Waals surface area contributed by atoms with E-state index in [-0.39, 0.29) is 12.2 Å². The summed E-state index contributed by atoms with van der Waals surface area (Å²) in [6.45, 7) is 1.42. The van der Waals surface area contributed by atoms with Crippen LogP contribution in [0.5, 0.6) is 0 Å². The molecular weight excluding hydrogens is 180 g/mol. The van der Waals surface area contributed by atoms with Gasteiger partial charge in [0.25, 0.3) is 0 Å². The van der Waals surface area contributed by atoms with Gasteiger partial charge in [-0.2, -0.15) is 0 Å². The Labute approximate surface area is 82.4 Å².